The van der Waals surface area contributed by atoms with E-state index in [1.54, 1.807) is 0 Å². The topological polar surface area (TPSA) is 54.7 Å². The number of aryl methyl sites for hydroxylation is 1. The Morgan fingerprint density at radius 3 is 2.79 bits per heavy atom. The predicted octanol–water partition coefficient (Wildman–Crippen LogP) is 4.90. The summed E-state index contributed by atoms with van der Waals surface area (Å²) in [5.41, 5.74) is 4.86. The standard InChI is InChI=1S/C26H28FN5O/c1-18-15-31(27)17-30-16-21(29-25(18)30)14-22-10-6-7-13-32(22)26(33)24-23(12-11-19(2)28-24)20-8-4-3-5-9-20/h3-5,8-9,11-12,15-16,22H,6-7,10,13-14,17H2,1-2H3/q+1/t22-/m0/s1. The number of carbonyl (C=O) groups excluding carboxylic acids is 1. The first-order valence-electron chi connectivity index (χ1n) is 11.5. The van der Waals surface area contributed by atoms with Crippen molar-refractivity contribution in [3.63, 3.8) is 0 Å². The van der Waals surface area contributed by atoms with E-state index in [4.69, 9.17) is 4.99 Å². The lowest BCUT2D eigenvalue weighted by atomic mass is 9.96. The molecule has 1 saturated heterocycles. The summed E-state index contributed by atoms with van der Waals surface area (Å²) in [5, 5.41) is 0.665. The van der Waals surface area contributed by atoms with Crippen LogP contribution in [0.1, 0.15) is 48.8 Å². The third-order valence-electron chi connectivity index (χ3n) is 6.45. The van der Waals surface area contributed by atoms with E-state index >= 15 is 0 Å². The summed E-state index contributed by atoms with van der Waals surface area (Å²) in [6.07, 6.45) is 7.01. The second kappa shape index (κ2) is 8.90. The van der Waals surface area contributed by atoms with E-state index in [2.05, 4.69) is 4.98 Å². The molecule has 0 aliphatic carbocycles. The van der Waals surface area contributed by atoms with Crippen LogP contribution < -0.4 is 4.90 Å². The lowest BCUT2D eigenvalue weighted by Gasteiger charge is -2.35. The fraction of sp³-hybridized carbons (Fsp3) is 0.346. The Kier molecular flexibility index (Phi) is 5.81. The van der Waals surface area contributed by atoms with E-state index in [1.807, 2.05) is 72.3 Å². The van der Waals surface area contributed by atoms with E-state index in [1.165, 1.54) is 6.20 Å². The van der Waals surface area contributed by atoms with Crippen LogP contribution in [-0.2, 0) is 0 Å². The minimum Gasteiger partial charge on any atom is -0.334 e. The van der Waals surface area contributed by atoms with Gasteiger partial charge in [0.1, 0.15) is 11.4 Å². The van der Waals surface area contributed by atoms with E-state index < -0.39 is 0 Å². The first kappa shape index (κ1) is 21.5. The number of fused-ring (bicyclic) bond motifs is 1. The molecule has 1 fully saturated rings. The monoisotopic (exact) mass is 445 g/mol. The lowest BCUT2D eigenvalue weighted by Crippen LogP contribution is -2.44. The largest absolute Gasteiger partial charge is 0.334 e. The average Bonchev–Trinajstić information content (AvgIpc) is 3.22. The van der Waals surface area contributed by atoms with Crippen molar-refractivity contribution in [1.29, 1.82) is 0 Å². The number of aromatic nitrogens is 1. The number of piperidine rings is 1. The third kappa shape index (κ3) is 4.33. The van der Waals surface area contributed by atoms with E-state index in [-0.39, 0.29) is 18.6 Å². The Morgan fingerprint density at radius 2 is 1.97 bits per heavy atom. The van der Waals surface area contributed by atoms with Gasteiger partial charge in [0.15, 0.2) is 6.20 Å². The number of amidine groups is 1. The molecule has 0 N–H and O–H groups in total. The van der Waals surface area contributed by atoms with Crippen molar-refractivity contribution in [2.75, 3.05) is 13.2 Å². The number of rotatable bonds is 4. The smallest absolute Gasteiger partial charge is 0.288 e. The molecule has 4 heterocycles. The predicted molar refractivity (Wildman–Crippen MR) is 127 cm³/mol. The zero-order valence-corrected chi connectivity index (χ0v) is 19.0. The van der Waals surface area contributed by atoms with Crippen molar-refractivity contribution in [3.05, 3.63) is 77.5 Å². The summed E-state index contributed by atoms with van der Waals surface area (Å²) in [7, 11) is 0. The Morgan fingerprint density at radius 1 is 1.15 bits per heavy atom. The van der Waals surface area contributed by atoms with Crippen LogP contribution in [0.2, 0.25) is 0 Å². The number of hydrogen-bond acceptors (Lipinski definition) is 5. The lowest BCUT2D eigenvalue weighted by molar-refractivity contribution is 0.0607. The number of aliphatic imine (C=N–C) groups is 1. The van der Waals surface area contributed by atoms with Crippen molar-refractivity contribution < 1.29 is 9.28 Å². The van der Waals surface area contributed by atoms with Crippen LogP contribution in [0.4, 0.5) is 4.48 Å². The van der Waals surface area contributed by atoms with E-state index in [0.717, 1.165) is 53.2 Å². The van der Waals surface area contributed by atoms with Crippen LogP contribution >= 0.6 is 0 Å². The van der Waals surface area contributed by atoms with Gasteiger partial charge in [-0.1, -0.05) is 45.8 Å². The molecule has 0 saturated carbocycles. The molecule has 1 aromatic heterocycles. The fourth-order valence-corrected chi connectivity index (χ4v) is 4.87. The van der Waals surface area contributed by atoms with Crippen molar-refractivity contribution in [3.8, 4) is 11.1 Å². The summed E-state index contributed by atoms with van der Waals surface area (Å²) >= 11 is 0. The van der Waals surface area contributed by atoms with Gasteiger partial charge in [-0.25, -0.2) is 4.98 Å². The summed E-state index contributed by atoms with van der Waals surface area (Å²) < 4.78 is 13.8. The van der Waals surface area contributed by atoms with Crippen molar-refractivity contribution >= 4 is 11.7 Å². The molecule has 1 amide bonds. The van der Waals surface area contributed by atoms with Crippen molar-refractivity contribution in [2.45, 2.75) is 45.6 Å². The van der Waals surface area contributed by atoms with Crippen LogP contribution in [0.25, 0.3) is 11.1 Å². The Hall–Kier alpha value is -3.32. The van der Waals surface area contributed by atoms with Crippen molar-refractivity contribution in [2.24, 2.45) is 4.99 Å². The molecule has 0 spiro atoms. The summed E-state index contributed by atoms with van der Waals surface area (Å²) in [6.45, 7) is 4.62. The number of benzene rings is 1. The van der Waals surface area contributed by atoms with Gasteiger partial charge < -0.3 is 4.90 Å². The van der Waals surface area contributed by atoms with Crippen LogP contribution in [0.3, 0.4) is 0 Å². The van der Waals surface area contributed by atoms with Gasteiger partial charge in [-0.3, -0.25) is 4.79 Å². The number of halogens is 1. The van der Waals surface area contributed by atoms with Gasteiger partial charge in [0.2, 0.25) is 6.67 Å². The maximum Gasteiger partial charge on any atom is 0.288 e. The van der Waals surface area contributed by atoms with Gasteiger partial charge in [-0.05, 0) is 44.7 Å². The number of hydrogen-bond donors (Lipinski definition) is 0. The second-order valence-electron chi connectivity index (χ2n) is 8.95. The number of pyridine rings is 1. The first-order valence-corrected chi connectivity index (χ1v) is 11.5. The number of carbonyl (C=O) groups is 1. The maximum atomic E-state index is 13.8. The van der Waals surface area contributed by atoms with Crippen molar-refractivity contribution in [1.82, 2.24) is 19.9 Å². The molecular weight excluding hydrogens is 417 g/mol. The zero-order chi connectivity index (χ0) is 22.9. The van der Waals surface area contributed by atoms with E-state index in [9.17, 15) is 9.28 Å². The molecule has 5 rings (SSSR count). The van der Waals surface area contributed by atoms with Gasteiger partial charge in [0.25, 0.3) is 11.7 Å². The molecule has 169 valence electrons. The first-order chi connectivity index (χ1) is 16.0. The molecule has 1 aromatic carbocycles. The van der Waals surface area contributed by atoms with Crippen LogP contribution in [0.5, 0.6) is 0 Å². The van der Waals surface area contributed by atoms with Gasteiger partial charge >= 0.3 is 0 Å². The van der Waals surface area contributed by atoms with Crippen LogP contribution in [0, 0.1) is 6.92 Å². The molecule has 33 heavy (non-hydrogen) atoms. The minimum atomic E-state index is -0.0303. The molecular formula is C26H28FN5O+. The summed E-state index contributed by atoms with van der Waals surface area (Å²) in [4.78, 5) is 27.0. The molecule has 2 aromatic rings. The highest BCUT2D eigenvalue weighted by atomic mass is 19.2. The highest BCUT2D eigenvalue weighted by molar-refractivity contribution is 6.03. The Bertz CT molecular complexity index is 1160. The number of amides is 1. The SMILES string of the molecule is CC1=CN(F)C[N+]2C=C(C[C@@H]3CCCCN3C(=O)c3nc(C)ccc3-c3ccccc3)N=C12. The average molecular weight is 446 g/mol. The highest BCUT2D eigenvalue weighted by Gasteiger charge is 2.38. The molecule has 1 radical (unpaired) electrons. The molecule has 3 aliphatic rings. The quantitative estimate of drug-likeness (QED) is 0.497. The number of likely N-dealkylation sites (tertiary alicyclic amines) is 1. The third-order valence-corrected chi connectivity index (χ3v) is 6.45. The maximum absolute atomic E-state index is 13.8. The zero-order valence-electron chi connectivity index (χ0n) is 19.0. The van der Waals surface area contributed by atoms with Crippen LogP contribution in [-0.4, -0.2) is 46.0 Å². The molecule has 1 atom stereocenters. The molecule has 0 unspecified atom stereocenters. The van der Waals surface area contributed by atoms with E-state index in [0.29, 0.717) is 23.8 Å². The van der Waals surface area contributed by atoms with Gasteiger partial charge in [-0.15, -0.1) is 0 Å². The molecule has 0 bridgehead atoms. The Balaban J connectivity index is 1.41. The number of nitrogens with zero attached hydrogens (tertiary/aromatic N) is 5. The Labute approximate surface area is 193 Å². The van der Waals surface area contributed by atoms with Gasteiger partial charge in [0.05, 0.1) is 5.57 Å². The second-order valence-corrected chi connectivity index (χ2v) is 8.95. The molecule has 7 heteroatoms. The fourth-order valence-electron chi connectivity index (χ4n) is 4.87. The van der Waals surface area contributed by atoms with Gasteiger partial charge in [0, 0.05) is 36.5 Å². The summed E-state index contributed by atoms with van der Waals surface area (Å²) in [6, 6.07) is 13.9. The molecule has 6 nitrogen and oxygen atoms in total. The molecule has 3 aliphatic heterocycles. The minimum absolute atomic E-state index is 0.0303. The summed E-state index contributed by atoms with van der Waals surface area (Å²) in [5.74, 6) is 0.761. The van der Waals surface area contributed by atoms with Gasteiger partial charge in [-0.2, -0.15) is 10.1 Å². The highest BCUT2D eigenvalue weighted by Crippen LogP contribution is 2.31. The normalized spacial score (nSPS) is 20.8. The van der Waals surface area contributed by atoms with Crippen LogP contribution in [0.15, 0.2) is 71.1 Å².